The predicted molar refractivity (Wildman–Crippen MR) is 111 cm³/mol. The highest BCUT2D eigenvalue weighted by Crippen LogP contribution is 2.18. The number of fused-ring (bicyclic) bond motifs is 1. The number of carbonyl (C=O) groups excluding carboxylic acids is 2. The zero-order valence-corrected chi connectivity index (χ0v) is 17.1. The van der Waals surface area contributed by atoms with E-state index in [0.29, 0.717) is 49.2 Å². The fourth-order valence-electron chi connectivity index (χ4n) is 3.72. The number of aromatic amines is 1. The molecule has 3 N–H and O–H groups in total. The second kappa shape index (κ2) is 9.17. The van der Waals surface area contributed by atoms with Crippen molar-refractivity contribution in [3.63, 3.8) is 0 Å². The number of likely N-dealkylation sites (tertiary alicyclic amines) is 1. The van der Waals surface area contributed by atoms with Crippen molar-refractivity contribution in [2.75, 3.05) is 19.6 Å². The Morgan fingerprint density at radius 3 is 2.66 bits per heavy atom. The number of para-hydroxylation sites is 1. The first-order chi connectivity index (χ1) is 13.9. The first-order valence-electron chi connectivity index (χ1n) is 10.2. The van der Waals surface area contributed by atoms with Crippen molar-refractivity contribution < 1.29 is 9.59 Å². The Labute approximate surface area is 170 Å². The van der Waals surface area contributed by atoms with Crippen LogP contribution in [0, 0.1) is 5.92 Å². The number of nitrogens with one attached hydrogen (secondary N) is 1. The van der Waals surface area contributed by atoms with Crippen LogP contribution in [-0.4, -0.2) is 57.3 Å². The summed E-state index contributed by atoms with van der Waals surface area (Å²) >= 11 is 0. The van der Waals surface area contributed by atoms with Crippen molar-refractivity contribution in [2.45, 2.75) is 45.7 Å². The second-order valence-corrected chi connectivity index (χ2v) is 7.75. The number of aromatic nitrogens is 2. The number of hydrogen-bond donors (Lipinski definition) is 2. The molecule has 0 aliphatic carbocycles. The number of benzene rings is 1. The van der Waals surface area contributed by atoms with Crippen LogP contribution < -0.4 is 11.3 Å². The van der Waals surface area contributed by atoms with Crippen LogP contribution >= 0.6 is 0 Å². The Balaban J connectivity index is 1.71. The van der Waals surface area contributed by atoms with E-state index in [1.807, 2.05) is 23.1 Å². The van der Waals surface area contributed by atoms with Crippen LogP contribution in [0.15, 0.2) is 29.1 Å². The van der Waals surface area contributed by atoms with E-state index in [1.165, 1.54) is 0 Å². The summed E-state index contributed by atoms with van der Waals surface area (Å²) in [6.45, 7) is 5.85. The molecule has 8 heteroatoms. The molecule has 1 unspecified atom stereocenters. The number of carbonyl (C=O) groups is 2. The van der Waals surface area contributed by atoms with E-state index in [2.05, 4.69) is 23.8 Å². The van der Waals surface area contributed by atoms with E-state index in [4.69, 9.17) is 5.73 Å². The summed E-state index contributed by atoms with van der Waals surface area (Å²) < 4.78 is 0. The third kappa shape index (κ3) is 5.00. The molecule has 1 saturated heterocycles. The Hall–Kier alpha value is -2.74. The first-order valence-corrected chi connectivity index (χ1v) is 10.2. The number of hydrogen-bond acceptors (Lipinski definition) is 5. The van der Waals surface area contributed by atoms with E-state index in [1.54, 1.807) is 11.0 Å². The number of rotatable bonds is 7. The van der Waals surface area contributed by atoms with Gasteiger partial charge in [-0.2, -0.15) is 0 Å². The minimum atomic E-state index is -0.287. The van der Waals surface area contributed by atoms with Gasteiger partial charge in [0, 0.05) is 25.0 Å². The first kappa shape index (κ1) is 21.0. The predicted octanol–water partition coefficient (Wildman–Crippen LogP) is 1.25. The molecule has 1 aromatic carbocycles. The van der Waals surface area contributed by atoms with Gasteiger partial charge in [-0.3, -0.25) is 19.3 Å². The third-order valence-corrected chi connectivity index (χ3v) is 5.82. The van der Waals surface area contributed by atoms with Gasteiger partial charge in [-0.25, -0.2) is 4.98 Å². The van der Waals surface area contributed by atoms with Crippen LogP contribution in [0.2, 0.25) is 0 Å². The minimum absolute atomic E-state index is 0.0244. The summed E-state index contributed by atoms with van der Waals surface area (Å²) in [4.78, 5) is 47.8. The number of amides is 2. The number of H-pyrrole nitrogens is 1. The van der Waals surface area contributed by atoms with Crippen LogP contribution in [0.3, 0.4) is 0 Å². The average molecular weight is 399 g/mol. The van der Waals surface area contributed by atoms with Gasteiger partial charge in [-0.05, 0) is 38.3 Å². The zero-order valence-electron chi connectivity index (χ0n) is 17.1. The van der Waals surface area contributed by atoms with Crippen LogP contribution in [0.1, 0.15) is 38.9 Å². The van der Waals surface area contributed by atoms with Crippen molar-refractivity contribution in [1.29, 1.82) is 0 Å². The summed E-state index contributed by atoms with van der Waals surface area (Å²) in [5, 5.41) is 0.555. The van der Waals surface area contributed by atoms with Crippen molar-refractivity contribution in [3.8, 4) is 0 Å². The number of piperidine rings is 1. The Morgan fingerprint density at radius 2 is 2.00 bits per heavy atom. The smallest absolute Gasteiger partial charge is 0.258 e. The van der Waals surface area contributed by atoms with Gasteiger partial charge in [0.05, 0.1) is 24.0 Å². The SMILES string of the molecule is CCC(C)N(CC(=O)N1CCC(C(N)=O)CC1)Cc1nc2ccccc2c(=O)[nH]1. The molecule has 2 aromatic rings. The number of nitrogens with two attached hydrogens (primary N) is 1. The highest BCUT2D eigenvalue weighted by atomic mass is 16.2. The standard InChI is InChI=1S/C21H29N5O3/c1-3-14(2)26(13-19(27)25-10-8-15(9-11-25)20(22)28)12-18-23-17-7-5-4-6-16(17)21(29)24-18/h4-7,14-15H,3,8-13H2,1-2H3,(H2,22,28)(H,23,24,29). The van der Waals surface area contributed by atoms with Crippen molar-refractivity contribution in [2.24, 2.45) is 11.7 Å². The molecule has 0 saturated carbocycles. The lowest BCUT2D eigenvalue weighted by Gasteiger charge is -2.34. The Bertz CT molecular complexity index is 933. The van der Waals surface area contributed by atoms with Crippen LogP contribution in [0.5, 0.6) is 0 Å². The maximum atomic E-state index is 12.9. The van der Waals surface area contributed by atoms with Gasteiger partial charge in [0.2, 0.25) is 11.8 Å². The maximum absolute atomic E-state index is 12.9. The highest BCUT2D eigenvalue weighted by Gasteiger charge is 2.27. The lowest BCUT2D eigenvalue weighted by atomic mass is 9.96. The Kier molecular flexibility index (Phi) is 6.64. The van der Waals surface area contributed by atoms with Gasteiger partial charge < -0.3 is 15.6 Å². The molecule has 1 aliphatic heterocycles. The fraction of sp³-hybridized carbons (Fsp3) is 0.524. The molecule has 0 spiro atoms. The van der Waals surface area contributed by atoms with Crippen molar-refractivity contribution >= 4 is 22.7 Å². The molecule has 1 atom stereocenters. The molecule has 2 amide bonds. The number of primary amides is 1. The van der Waals surface area contributed by atoms with Crippen LogP contribution in [0.25, 0.3) is 10.9 Å². The summed E-state index contributed by atoms with van der Waals surface area (Å²) in [6.07, 6.45) is 2.10. The van der Waals surface area contributed by atoms with Crippen molar-refractivity contribution in [1.82, 2.24) is 19.8 Å². The van der Waals surface area contributed by atoms with Gasteiger partial charge in [-0.1, -0.05) is 19.1 Å². The second-order valence-electron chi connectivity index (χ2n) is 7.75. The van der Waals surface area contributed by atoms with E-state index < -0.39 is 0 Å². The lowest BCUT2D eigenvalue weighted by molar-refractivity contribution is -0.136. The molecule has 156 valence electrons. The lowest BCUT2D eigenvalue weighted by Crippen LogP contribution is -2.47. The van der Waals surface area contributed by atoms with Gasteiger partial charge in [0.25, 0.3) is 5.56 Å². The van der Waals surface area contributed by atoms with E-state index in [-0.39, 0.29) is 35.9 Å². The molecule has 0 radical (unpaired) electrons. The molecular weight excluding hydrogens is 370 g/mol. The summed E-state index contributed by atoms with van der Waals surface area (Å²) in [7, 11) is 0. The van der Waals surface area contributed by atoms with Gasteiger partial charge in [0.1, 0.15) is 5.82 Å². The number of nitrogens with zero attached hydrogens (tertiary/aromatic N) is 3. The van der Waals surface area contributed by atoms with E-state index in [9.17, 15) is 14.4 Å². The average Bonchev–Trinajstić information content (AvgIpc) is 2.72. The van der Waals surface area contributed by atoms with Gasteiger partial charge in [-0.15, -0.1) is 0 Å². The molecule has 29 heavy (non-hydrogen) atoms. The molecule has 3 rings (SSSR count). The summed E-state index contributed by atoms with van der Waals surface area (Å²) in [5.41, 5.74) is 5.85. The largest absolute Gasteiger partial charge is 0.369 e. The van der Waals surface area contributed by atoms with E-state index in [0.717, 1.165) is 6.42 Å². The van der Waals surface area contributed by atoms with E-state index >= 15 is 0 Å². The highest BCUT2D eigenvalue weighted by molar-refractivity contribution is 5.80. The molecular formula is C21H29N5O3. The summed E-state index contributed by atoms with van der Waals surface area (Å²) in [5.74, 6) is 0.145. The summed E-state index contributed by atoms with van der Waals surface area (Å²) in [6, 6.07) is 7.37. The quantitative estimate of drug-likeness (QED) is 0.728. The zero-order chi connectivity index (χ0) is 21.0. The molecule has 2 heterocycles. The monoisotopic (exact) mass is 399 g/mol. The van der Waals surface area contributed by atoms with Crippen LogP contribution in [0.4, 0.5) is 0 Å². The topological polar surface area (TPSA) is 112 Å². The molecule has 0 bridgehead atoms. The Morgan fingerprint density at radius 1 is 1.31 bits per heavy atom. The van der Waals surface area contributed by atoms with Gasteiger partial charge in [0.15, 0.2) is 0 Å². The fourth-order valence-corrected chi connectivity index (χ4v) is 3.72. The van der Waals surface area contributed by atoms with Crippen molar-refractivity contribution in [3.05, 3.63) is 40.4 Å². The molecule has 1 aromatic heterocycles. The molecule has 1 aliphatic rings. The maximum Gasteiger partial charge on any atom is 0.258 e. The van der Waals surface area contributed by atoms with Crippen LogP contribution in [-0.2, 0) is 16.1 Å². The third-order valence-electron chi connectivity index (χ3n) is 5.82. The van der Waals surface area contributed by atoms with Gasteiger partial charge >= 0.3 is 0 Å². The normalized spacial score (nSPS) is 16.3. The minimum Gasteiger partial charge on any atom is -0.369 e. The molecule has 8 nitrogen and oxygen atoms in total. The molecule has 1 fully saturated rings.